The van der Waals surface area contributed by atoms with Crippen LogP contribution in [0.15, 0.2) is 71.3 Å². The number of benzene rings is 3. The topological polar surface area (TPSA) is 70.8 Å². The van der Waals surface area contributed by atoms with Crippen molar-refractivity contribution in [3.05, 3.63) is 83.7 Å². The van der Waals surface area contributed by atoms with Crippen LogP contribution in [-0.2, 0) is 0 Å². The molecule has 0 saturated carbocycles. The number of nitrogens with zero attached hydrogens (tertiary/aromatic N) is 3. The molecule has 4 aromatic rings. The highest BCUT2D eigenvalue weighted by atomic mass is 16.5. The van der Waals surface area contributed by atoms with Crippen LogP contribution in [0, 0.1) is 13.8 Å². The van der Waals surface area contributed by atoms with E-state index < -0.39 is 0 Å². The Hall–Kier alpha value is -4.10. The number of likely N-dealkylation sites (N-methyl/N-ethyl adjacent to an activating group) is 1. The average Bonchev–Trinajstić information content (AvgIpc) is 3.35. The van der Waals surface area contributed by atoms with Crippen LogP contribution in [0.5, 0.6) is 5.75 Å². The Bertz CT molecular complexity index is 1400. The molecule has 1 fully saturated rings. The van der Waals surface area contributed by atoms with Crippen molar-refractivity contribution in [3.8, 4) is 28.3 Å². The van der Waals surface area contributed by atoms with Gasteiger partial charge in [0.15, 0.2) is 0 Å². The first-order valence-corrected chi connectivity index (χ1v) is 12.5. The number of oxazole rings is 1. The van der Waals surface area contributed by atoms with Crippen molar-refractivity contribution in [2.75, 3.05) is 50.6 Å². The molecule has 7 nitrogen and oxygen atoms in total. The van der Waals surface area contributed by atoms with Crippen molar-refractivity contribution in [2.45, 2.75) is 13.8 Å². The Kier molecular flexibility index (Phi) is 6.97. The second kappa shape index (κ2) is 10.5. The van der Waals surface area contributed by atoms with Gasteiger partial charge in [-0.3, -0.25) is 4.79 Å². The summed E-state index contributed by atoms with van der Waals surface area (Å²) in [6.45, 7) is 7.78. The fourth-order valence-electron chi connectivity index (χ4n) is 4.68. The van der Waals surface area contributed by atoms with Crippen LogP contribution in [0.2, 0.25) is 0 Å². The molecular formula is C30H32N4O3. The number of methoxy groups -OCH3 is 1. The smallest absolute Gasteiger partial charge is 0.255 e. The zero-order chi connectivity index (χ0) is 25.9. The molecule has 0 atom stereocenters. The van der Waals surface area contributed by atoms with Crippen molar-refractivity contribution in [2.24, 2.45) is 0 Å². The molecule has 0 spiro atoms. The molecule has 5 rings (SSSR count). The first-order valence-electron chi connectivity index (χ1n) is 12.5. The maximum Gasteiger partial charge on any atom is 0.255 e. The van der Waals surface area contributed by atoms with E-state index in [0.717, 1.165) is 71.3 Å². The van der Waals surface area contributed by atoms with Crippen molar-refractivity contribution in [1.82, 2.24) is 9.88 Å². The predicted octanol–water partition coefficient (Wildman–Crippen LogP) is 5.64. The van der Waals surface area contributed by atoms with E-state index in [1.165, 1.54) is 0 Å². The van der Waals surface area contributed by atoms with Gasteiger partial charge in [0.2, 0.25) is 5.89 Å². The first kappa shape index (κ1) is 24.6. The van der Waals surface area contributed by atoms with E-state index in [4.69, 9.17) is 9.15 Å². The molecule has 190 valence electrons. The molecule has 0 radical (unpaired) electrons. The molecule has 0 aliphatic carbocycles. The highest BCUT2D eigenvalue weighted by Crippen LogP contribution is 2.33. The summed E-state index contributed by atoms with van der Waals surface area (Å²) in [5.41, 5.74) is 6.56. The van der Waals surface area contributed by atoms with Crippen molar-refractivity contribution < 1.29 is 13.9 Å². The SMILES string of the molecule is COc1ccc(NC(=O)c2ccc(-c3ccc(-c4ncc(C)o4)cc3C)cc2)cc1N1CCN(C)CC1. The lowest BCUT2D eigenvalue weighted by atomic mass is 9.97. The zero-order valence-electron chi connectivity index (χ0n) is 21.7. The summed E-state index contributed by atoms with van der Waals surface area (Å²) in [6.07, 6.45) is 1.72. The number of ether oxygens (including phenoxy) is 1. The van der Waals surface area contributed by atoms with E-state index in [-0.39, 0.29) is 5.91 Å². The van der Waals surface area contributed by atoms with Gasteiger partial charge in [0.05, 0.1) is 19.0 Å². The van der Waals surface area contributed by atoms with Crippen LogP contribution in [0.1, 0.15) is 21.7 Å². The number of hydrogen-bond donors (Lipinski definition) is 1. The number of piperazine rings is 1. The Balaban J connectivity index is 1.30. The minimum absolute atomic E-state index is 0.146. The quantitative estimate of drug-likeness (QED) is 0.373. The molecule has 0 bridgehead atoms. The predicted molar refractivity (Wildman–Crippen MR) is 148 cm³/mol. The van der Waals surface area contributed by atoms with Crippen LogP contribution in [-0.4, -0.2) is 56.1 Å². The monoisotopic (exact) mass is 496 g/mol. The van der Waals surface area contributed by atoms with E-state index in [1.54, 1.807) is 13.3 Å². The second-order valence-electron chi connectivity index (χ2n) is 9.51. The lowest BCUT2D eigenvalue weighted by molar-refractivity contribution is 0.102. The minimum Gasteiger partial charge on any atom is -0.495 e. The fourth-order valence-corrected chi connectivity index (χ4v) is 4.68. The summed E-state index contributed by atoms with van der Waals surface area (Å²) in [7, 11) is 3.81. The number of aromatic nitrogens is 1. The largest absolute Gasteiger partial charge is 0.495 e. The van der Waals surface area contributed by atoms with Gasteiger partial charge in [-0.05, 0) is 80.1 Å². The van der Waals surface area contributed by atoms with Crippen LogP contribution in [0.3, 0.4) is 0 Å². The number of rotatable bonds is 6. The molecule has 3 aromatic carbocycles. The molecule has 2 heterocycles. The molecule has 7 heteroatoms. The van der Waals surface area contributed by atoms with Crippen LogP contribution in [0.25, 0.3) is 22.6 Å². The number of amides is 1. The van der Waals surface area contributed by atoms with Crippen molar-refractivity contribution >= 4 is 17.3 Å². The third-order valence-corrected chi connectivity index (χ3v) is 6.83. The van der Waals surface area contributed by atoms with Gasteiger partial charge in [-0.1, -0.05) is 18.2 Å². The third kappa shape index (κ3) is 5.37. The standard InChI is InChI=1S/C30H32N4O3/c1-20-17-24(30-31-19-21(2)37-30)9-11-26(20)22-5-7-23(8-6-22)29(35)32-25-10-12-28(36-4)27(18-25)34-15-13-33(3)14-16-34/h5-12,17-19H,13-16H2,1-4H3,(H,32,35). The number of carbonyl (C=O) groups is 1. The summed E-state index contributed by atoms with van der Waals surface area (Å²) in [5.74, 6) is 2.07. The molecular weight excluding hydrogens is 464 g/mol. The highest BCUT2D eigenvalue weighted by molar-refractivity contribution is 6.04. The lowest BCUT2D eigenvalue weighted by Crippen LogP contribution is -2.44. The Labute approximate surface area is 217 Å². The molecule has 1 amide bonds. The number of anilines is 2. The third-order valence-electron chi connectivity index (χ3n) is 6.83. The van der Waals surface area contributed by atoms with Gasteiger partial charge in [0.1, 0.15) is 11.5 Å². The Morgan fingerprint density at radius 2 is 1.68 bits per heavy atom. The summed E-state index contributed by atoms with van der Waals surface area (Å²) in [4.78, 5) is 22.0. The highest BCUT2D eigenvalue weighted by Gasteiger charge is 2.19. The van der Waals surface area contributed by atoms with E-state index in [1.807, 2.05) is 55.5 Å². The van der Waals surface area contributed by atoms with Crippen LogP contribution in [0.4, 0.5) is 11.4 Å². The number of carbonyl (C=O) groups excluding carboxylic acids is 1. The van der Waals surface area contributed by atoms with E-state index in [0.29, 0.717) is 11.5 Å². The zero-order valence-corrected chi connectivity index (χ0v) is 21.7. The van der Waals surface area contributed by atoms with Crippen molar-refractivity contribution in [1.29, 1.82) is 0 Å². The number of nitrogens with one attached hydrogen (secondary N) is 1. The maximum absolute atomic E-state index is 13.0. The average molecular weight is 497 g/mol. The second-order valence-corrected chi connectivity index (χ2v) is 9.51. The van der Waals surface area contributed by atoms with E-state index in [2.05, 4.69) is 46.2 Å². The Morgan fingerprint density at radius 1 is 0.946 bits per heavy atom. The molecule has 37 heavy (non-hydrogen) atoms. The van der Waals surface area contributed by atoms with Crippen LogP contribution < -0.4 is 15.0 Å². The van der Waals surface area contributed by atoms with Gasteiger partial charge in [0, 0.05) is 43.0 Å². The number of aryl methyl sites for hydroxylation is 2. The van der Waals surface area contributed by atoms with E-state index in [9.17, 15) is 4.79 Å². The minimum atomic E-state index is -0.146. The summed E-state index contributed by atoms with van der Waals surface area (Å²) < 4.78 is 11.2. The van der Waals surface area contributed by atoms with Crippen molar-refractivity contribution in [3.63, 3.8) is 0 Å². The summed E-state index contributed by atoms with van der Waals surface area (Å²) >= 11 is 0. The van der Waals surface area contributed by atoms with Gasteiger partial charge < -0.3 is 24.3 Å². The molecule has 1 aliphatic rings. The van der Waals surface area contributed by atoms with Crippen LogP contribution >= 0.6 is 0 Å². The maximum atomic E-state index is 13.0. The molecule has 1 aliphatic heterocycles. The fraction of sp³-hybridized carbons (Fsp3) is 0.267. The first-order chi connectivity index (χ1) is 17.9. The van der Waals surface area contributed by atoms with Gasteiger partial charge in [-0.25, -0.2) is 4.98 Å². The summed E-state index contributed by atoms with van der Waals surface area (Å²) in [5, 5.41) is 3.05. The molecule has 1 N–H and O–H groups in total. The van der Waals surface area contributed by atoms with E-state index >= 15 is 0 Å². The van der Waals surface area contributed by atoms with Gasteiger partial charge in [0.25, 0.3) is 5.91 Å². The molecule has 1 saturated heterocycles. The molecule has 0 unspecified atom stereocenters. The number of hydrogen-bond acceptors (Lipinski definition) is 6. The lowest BCUT2D eigenvalue weighted by Gasteiger charge is -2.34. The summed E-state index contributed by atoms with van der Waals surface area (Å²) in [6, 6.07) is 19.6. The van der Waals surface area contributed by atoms with Gasteiger partial charge >= 0.3 is 0 Å². The van der Waals surface area contributed by atoms with Gasteiger partial charge in [-0.15, -0.1) is 0 Å². The molecule has 1 aromatic heterocycles. The Morgan fingerprint density at radius 3 is 2.32 bits per heavy atom. The normalized spacial score (nSPS) is 14.0. The van der Waals surface area contributed by atoms with Gasteiger partial charge in [-0.2, -0.15) is 0 Å².